The molecule has 1 amide bonds. The predicted molar refractivity (Wildman–Crippen MR) is 104 cm³/mol. The lowest BCUT2D eigenvalue weighted by molar-refractivity contribution is -0.135. The molecule has 2 aromatic rings. The molecule has 27 heavy (non-hydrogen) atoms. The van der Waals surface area contributed by atoms with Crippen LogP contribution < -0.4 is 0 Å². The quantitative estimate of drug-likeness (QED) is 0.563. The average molecular weight is 385 g/mol. The molecule has 1 aliphatic heterocycles. The molecule has 2 heterocycles. The van der Waals surface area contributed by atoms with Crippen LogP contribution in [-0.2, 0) is 16.0 Å². The van der Waals surface area contributed by atoms with E-state index in [0.717, 1.165) is 30.6 Å². The first-order valence-electron chi connectivity index (χ1n) is 9.12. The first-order chi connectivity index (χ1) is 13.0. The number of Topliss-reactive ketones (excluding diaryl/α,β-unsaturated/α-hetero) is 1. The normalized spacial score (nSPS) is 14.8. The number of rotatable bonds is 6. The highest BCUT2D eigenvalue weighted by molar-refractivity contribution is 7.15. The number of esters is 1. The summed E-state index contributed by atoms with van der Waals surface area (Å²) in [7, 11) is 0. The van der Waals surface area contributed by atoms with E-state index in [1.54, 1.807) is 17.0 Å². The molecule has 0 spiro atoms. The minimum absolute atomic E-state index is 0.0894. The molecule has 6 heteroatoms. The van der Waals surface area contributed by atoms with Crippen molar-refractivity contribution in [3.63, 3.8) is 0 Å². The topological polar surface area (TPSA) is 63.7 Å². The number of likely N-dealkylation sites (tertiary alicyclic amines) is 1. The Morgan fingerprint density at radius 2 is 1.70 bits per heavy atom. The first kappa shape index (κ1) is 19.3. The van der Waals surface area contributed by atoms with Crippen molar-refractivity contribution in [1.29, 1.82) is 0 Å². The van der Waals surface area contributed by atoms with Crippen LogP contribution in [0.5, 0.6) is 0 Å². The Balaban J connectivity index is 1.42. The minimum atomic E-state index is -0.556. The van der Waals surface area contributed by atoms with Gasteiger partial charge in [0.2, 0.25) is 0 Å². The van der Waals surface area contributed by atoms with Crippen LogP contribution in [0, 0.1) is 5.92 Å². The zero-order valence-corrected chi connectivity index (χ0v) is 16.2. The summed E-state index contributed by atoms with van der Waals surface area (Å²) in [5.74, 6) is -0.228. The number of thiophene rings is 1. The summed E-state index contributed by atoms with van der Waals surface area (Å²) in [6.45, 7) is 2.59. The number of ether oxygens (including phenoxy) is 1. The highest BCUT2D eigenvalue weighted by atomic mass is 32.1. The Bertz CT molecular complexity index is 807. The number of amides is 1. The van der Waals surface area contributed by atoms with Crippen molar-refractivity contribution in [3.8, 4) is 0 Å². The maximum Gasteiger partial charge on any atom is 0.348 e. The van der Waals surface area contributed by atoms with Crippen LogP contribution in [0.1, 0.15) is 44.7 Å². The molecule has 0 aliphatic carbocycles. The van der Waals surface area contributed by atoms with Crippen LogP contribution in [0.4, 0.5) is 0 Å². The van der Waals surface area contributed by atoms with Gasteiger partial charge in [-0.1, -0.05) is 30.3 Å². The molecule has 1 aromatic carbocycles. The molecule has 1 aliphatic rings. The maximum absolute atomic E-state index is 12.3. The van der Waals surface area contributed by atoms with Gasteiger partial charge in [0.1, 0.15) is 4.88 Å². The van der Waals surface area contributed by atoms with E-state index in [1.807, 2.05) is 6.07 Å². The van der Waals surface area contributed by atoms with Crippen molar-refractivity contribution >= 4 is 29.0 Å². The van der Waals surface area contributed by atoms with Crippen LogP contribution in [0.25, 0.3) is 0 Å². The zero-order chi connectivity index (χ0) is 19.2. The average Bonchev–Trinajstić information content (AvgIpc) is 3.18. The maximum atomic E-state index is 12.3. The van der Waals surface area contributed by atoms with Gasteiger partial charge < -0.3 is 9.64 Å². The van der Waals surface area contributed by atoms with Gasteiger partial charge in [-0.15, -0.1) is 11.3 Å². The van der Waals surface area contributed by atoms with Crippen molar-refractivity contribution in [2.24, 2.45) is 5.92 Å². The SMILES string of the molecule is CC(=O)c1ccc(C(=O)OCC(=O)N2CCC(Cc3ccccc3)CC2)s1. The molecule has 1 aromatic heterocycles. The smallest absolute Gasteiger partial charge is 0.348 e. The van der Waals surface area contributed by atoms with E-state index < -0.39 is 5.97 Å². The summed E-state index contributed by atoms with van der Waals surface area (Å²) in [5.41, 5.74) is 1.33. The zero-order valence-electron chi connectivity index (χ0n) is 15.3. The lowest BCUT2D eigenvalue weighted by Gasteiger charge is -2.32. The number of benzene rings is 1. The third-order valence-corrected chi connectivity index (χ3v) is 5.98. The number of hydrogen-bond donors (Lipinski definition) is 0. The number of carbonyl (C=O) groups excluding carboxylic acids is 3. The van der Waals surface area contributed by atoms with Crippen LogP contribution in [0.2, 0.25) is 0 Å². The monoisotopic (exact) mass is 385 g/mol. The van der Waals surface area contributed by atoms with Crippen molar-refractivity contribution < 1.29 is 19.1 Å². The number of ketones is 1. The number of carbonyl (C=O) groups is 3. The number of hydrogen-bond acceptors (Lipinski definition) is 5. The summed E-state index contributed by atoms with van der Waals surface area (Å²) in [5, 5.41) is 0. The van der Waals surface area contributed by atoms with E-state index in [4.69, 9.17) is 4.74 Å². The fourth-order valence-corrected chi connectivity index (χ4v) is 4.06. The molecule has 0 N–H and O–H groups in total. The summed E-state index contributed by atoms with van der Waals surface area (Å²) in [6.07, 6.45) is 2.96. The van der Waals surface area contributed by atoms with Crippen LogP contribution in [0.3, 0.4) is 0 Å². The summed E-state index contributed by atoms with van der Waals surface area (Å²) in [6, 6.07) is 13.6. The molecule has 0 bridgehead atoms. The van der Waals surface area contributed by atoms with E-state index in [1.165, 1.54) is 12.5 Å². The Hall–Kier alpha value is -2.47. The van der Waals surface area contributed by atoms with Gasteiger partial charge in [0.15, 0.2) is 12.4 Å². The molecule has 0 unspecified atom stereocenters. The van der Waals surface area contributed by atoms with Crippen LogP contribution >= 0.6 is 11.3 Å². The third kappa shape index (κ3) is 5.26. The molecule has 1 saturated heterocycles. The van der Waals surface area contributed by atoms with Gasteiger partial charge >= 0.3 is 5.97 Å². The lowest BCUT2D eigenvalue weighted by Crippen LogP contribution is -2.41. The fraction of sp³-hybridized carbons (Fsp3) is 0.381. The molecule has 1 fully saturated rings. The van der Waals surface area contributed by atoms with E-state index in [0.29, 0.717) is 28.8 Å². The van der Waals surface area contributed by atoms with Crippen LogP contribution in [0.15, 0.2) is 42.5 Å². The summed E-state index contributed by atoms with van der Waals surface area (Å²) in [4.78, 5) is 38.3. The Morgan fingerprint density at radius 1 is 1.04 bits per heavy atom. The molecule has 5 nitrogen and oxygen atoms in total. The predicted octanol–water partition coefficient (Wildman–Crippen LogP) is 3.59. The molecule has 0 atom stereocenters. The van der Waals surface area contributed by atoms with Gasteiger partial charge in [-0.3, -0.25) is 9.59 Å². The molecular weight excluding hydrogens is 362 g/mol. The van der Waals surface area contributed by atoms with E-state index in [-0.39, 0.29) is 18.3 Å². The fourth-order valence-electron chi connectivity index (χ4n) is 3.26. The van der Waals surface area contributed by atoms with Gasteiger partial charge in [-0.05, 0) is 49.8 Å². The van der Waals surface area contributed by atoms with Crippen molar-refractivity contribution in [1.82, 2.24) is 4.90 Å². The van der Waals surface area contributed by atoms with Gasteiger partial charge in [-0.25, -0.2) is 4.79 Å². The Labute approximate surface area is 162 Å². The van der Waals surface area contributed by atoms with Crippen molar-refractivity contribution in [2.45, 2.75) is 26.2 Å². The Kier molecular flexibility index (Phi) is 6.40. The van der Waals surface area contributed by atoms with E-state index in [9.17, 15) is 14.4 Å². The summed E-state index contributed by atoms with van der Waals surface area (Å²) >= 11 is 1.09. The molecule has 3 rings (SSSR count). The van der Waals surface area contributed by atoms with Gasteiger partial charge in [0.05, 0.1) is 4.88 Å². The lowest BCUT2D eigenvalue weighted by atomic mass is 9.90. The highest BCUT2D eigenvalue weighted by Crippen LogP contribution is 2.22. The second-order valence-corrected chi connectivity index (χ2v) is 7.89. The number of piperidine rings is 1. The van der Waals surface area contributed by atoms with Crippen LogP contribution in [-0.4, -0.2) is 42.3 Å². The molecule has 142 valence electrons. The summed E-state index contributed by atoms with van der Waals surface area (Å²) < 4.78 is 5.13. The second-order valence-electron chi connectivity index (χ2n) is 6.81. The second kappa shape index (κ2) is 8.95. The van der Waals surface area contributed by atoms with Crippen molar-refractivity contribution in [2.75, 3.05) is 19.7 Å². The Morgan fingerprint density at radius 3 is 2.33 bits per heavy atom. The largest absolute Gasteiger partial charge is 0.451 e. The minimum Gasteiger partial charge on any atom is -0.451 e. The van der Waals surface area contributed by atoms with Gasteiger partial charge in [0, 0.05) is 13.1 Å². The van der Waals surface area contributed by atoms with Gasteiger partial charge in [0.25, 0.3) is 5.91 Å². The third-order valence-electron chi connectivity index (χ3n) is 4.82. The van der Waals surface area contributed by atoms with Crippen molar-refractivity contribution in [3.05, 3.63) is 57.8 Å². The highest BCUT2D eigenvalue weighted by Gasteiger charge is 2.24. The van der Waals surface area contributed by atoms with Gasteiger partial charge in [-0.2, -0.15) is 0 Å². The van der Waals surface area contributed by atoms with E-state index >= 15 is 0 Å². The molecule has 0 radical (unpaired) electrons. The molecular formula is C21H23NO4S. The standard InChI is InChI=1S/C21H23NO4S/c1-15(23)18-7-8-19(27-18)21(25)26-14-20(24)22-11-9-17(10-12-22)13-16-5-3-2-4-6-16/h2-8,17H,9-14H2,1H3. The first-order valence-corrected chi connectivity index (χ1v) is 9.94. The number of nitrogens with zero attached hydrogens (tertiary/aromatic N) is 1. The molecule has 0 saturated carbocycles. The van der Waals surface area contributed by atoms with E-state index in [2.05, 4.69) is 24.3 Å².